The summed E-state index contributed by atoms with van der Waals surface area (Å²) in [6, 6.07) is 22.8. The molecule has 1 aliphatic rings. The van der Waals surface area contributed by atoms with E-state index >= 15 is 0 Å². The summed E-state index contributed by atoms with van der Waals surface area (Å²) in [6.45, 7) is 8.51. The smallest absolute Gasteiger partial charge is 0.295 e. The van der Waals surface area contributed by atoms with E-state index in [2.05, 4.69) is 58.8 Å². The summed E-state index contributed by atoms with van der Waals surface area (Å²) < 4.78 is 59.2. The number of benzene rings is 1. The molecular weight excluding hydrogens is 672 g/mol. The van der Waals surface area contributed by atoms with Gasteiger partial charge in [-0.05, 0) is 49.4 Å². The van der Waals surface area contributed by atoms with Crippen molar-refractivity contribution in [3.8, 4) is 22.6 Å². The molecule has 0 atom stereocenters. The van der Waals surface area contributed by atoms with Gasteiger partial charge in [-0.2, -0.15) is 6.67 Å². The molecule has 0 unspecified atom stereocenters. The molecule has 0 radical (unpaired) electrons. The number of hydrogen-bond acceptors (Lipinski definition) is 4. The van der Waals surface area contributed by atoms with E-state index in [9.17, 15) is 25.2 Å². The summed E-state index contributed by atoms with van der Waals surface area (Å²) in [4.78, 5) is 13.2. The molecule has 0 spiro atoms. The van der Waals surface area contributed by atoms with Crippen molar-refractivity contribution in [1.82, 2.24) is 19.8 Å². The molecular formula is C23H24F6N4PPt+. The minimum absolute atomic E-state index is 0. The van der Waals surface area contributed by atoms with Crippen molar-refractivity contribution in [2.24, 2.45) is 0 Å². The maximum absolute atomic E-state index is 10.7. The maximum Gasteiger partial charge on any atom is 4.00 e. The first-order valence-electron chi connectivity index (χ1n) is 10.2. The molecule has 0 saturated heterocycles. The SMILES string of the molecule is CCN1C=CN(CC)[CH-]1.F[P-](F)(F)(F)(F)F.[Pt+4].[c-]1ccccc1-c1cccc(-c2ccccn2)n1. The summed E-state index contributed by atoms with van der Waals surface area (Å²) in [5, 5.41) is 0. The Morgan fingerprint density at radius 1 is 0.771 bits per heavy atom. The van der Waals surface area contributed by atoms with E-state index < -0.39 is 7.81 Å². The van der Waals surface area contributed by atoms with Crippen LogP contribution in [-0.2, 0) is 21.1 Å². The molecule has 4 nitrogen and oxygen atoms in total. The monoisotopic (exact) mass is 696 g/mol. The number of aromatic nitrogens is 2. The fraction of sp³-hybridized carbons (Fsp3) is 0.174. The van der Waals surface area contributed by atoms with Gasteiger partial charge < -0.3 is 9.80 Å². The molecule has 0 aliphatic carbocycles. The zero-order chi connectivity index (χ0) is 25.3. The zero-order valence-corrected chi connectivity index (χ0v) is 22.0. The van der Waals surface area contributed by atoms with Gasteiger partial charge in [0.2, 0.25) is 0 Å². The van der Waals surface area contributed by atoms with Gasteiger partial charge in [0.1, 0.15) is 0 Å². The number of halogens is 6. The van der Waals surface area contributed by atoms with Crippen LogP contribution in [0.15, 0.2) is 79.3 Å². The largest absolute Gasteiger partial charge is 4.00 e. The average molecular weight is 697 g/mol. The number of pyridine rings is 2. The molecule has 0 saturated carbocycles. The molecule has 35 heavy (non-hydrogen) atoms. The molecule has 1 aromatic carbocycles. The van der Waals surface area contributed by atoms with Crippen molar-refractivity contribution in [2.45, 2.75) is 13.8 Å². The minimum Gasteiger partial charge on any atom is -0.295 e. The standard InChI is InChI=1S/C16H11N2.C7H13N2.F6P.Pt/c1-2-7-13(8-3-1)14-10-6-11-16(18-14)15-9-4-5-12-17-15;1-3-8-5-6-9(4-2)7-8;1-7(2,3,4,5)6;/h1-7,9-12H;5-7H,3-4H2,1-2H3;;/q3*-1;+4. The second kappa shape index (κ2) is 12.0. The molecule has 1 aliphatic heterocycles. The van der Waals surface area contributed by atoms with Crippen molar-refractivity contribution in [3.05, 3.63) is 92.0 Å². The topological polar surface area (TPSA) is 32.3 Å². The van der Waals surface area contributed by atoms with E-state index in [0.29, 0.717) is 0 Å². The summed E-state index contributed by atoms with van der Waals surface area (Å²) in [7, 11) is -10.7. The fourth-order valence-corrected chi connectivity index (χ4v) is 2.61. The van der Waals surface area contributed by atoms with Crippen LogP contribution < -0.4 is 0 Å². The molecule has 0 amide bonds. The van der Waals surface area contributed by atoms with Gasteiger partial charge in [0.05, 0.1) is 11.4 Å². The fourth-order valence-electron chi connectivity index (χ4n) is 2.61. The van der Waals surface area contributed by atoms with Crippen molar-refractivity contribution < 1.29 is 46.2 Å². The predicted molar refractivity (Wildman–Crippen MR) is 124 cm³/mol. The van der Waals surface area contributed by atoms with E-state index in [1.165, 1.54) is 0 Å². The van der Waals surface area contributed by atoms with Gasteiger partial charge in [0.15, 0.2) is 0 Å². The van der Waals surface area contributed by atoms with Gasteiger partial charge >= 0.3 is 54.1 Å². The van der Waals surface area contributed by atoms with Crippen molar-refractivity contribution >= 4 is 7.81 Å². The van der Waals surface area contributed by atoms with Crippen LogP contribution in [0.5, 0.6) is 0 Å². The van der Waals surface area contributed by atoms with E-state index in [1.54, 1.807) is 6.20 Å². The molecule has 192 valence electrons. The minimum atomic E-state index is -10.7. The summed E-state index contributed by atoms with van der Waals surface area (Å²) in [5.74, 6) is 0. The number of nitrogens with zero attached hydrogens (tertiary/aromatic N) is 4. The summed E-state index contributed by atoms with van der Waals surface area (Å²) >= 11 is 0. The zero-order valence-electron chi connectivity index (χ0n) is 18.8. The number of rotatable bonds is 4. The van der Waals surface area contributed by atoms with Crippen LogP contribution in [0.1, 0.15) is 13.8 Å². The van der Waals surface area contributed by atoms with Crippen LogP contribution in [0, 0.1) is 12.7 Å². The third-order valence-corrected chi connectivity index (χ3v) is 4.14. The molecule has 0 fully saturated rings. The second-order valence-electron chi connectivity index (χ2n) is 6.93. The quantitative estimate of drug-likeness (QED) is 0.156. The third-order valence-electron chi connectivity index (χ3n) is 4.14. The van der Waals surface area contributed by atoms with Crippen molar-refractivity contribution in [2.75, 3.05) is 13.1 Å². The Bertz CT molecular complexity index is 990. The normalized spacial score (nSPS) is 14.4. The molecule has 2 aromatic heterocycles. The van der Waals surface area contributed by atoms with Crippen LogP contribution >= 0.6 is 7.81 Å². The van der Waals surface area contributed by atoms with Crippen LogP contribution in [-0.4, -0.2) is 32.9 Å². The second-order valence-corrected chi connectivity index (χ2v) is 8.85. The Morgan fingerprint density at radius 2 is 1.31 bits per heavy atom. The van der Waals surface area contributed by atoms with Gasteiger partial charge in [-0.25, -0.2) is 0 Å². The first-order valence-corrected chi connectivity index (χ1v) is 12.2. The van der Waals surface area contributed by atoms with Gasteiger partial charge in [-0.1, -0.05) is 32.0 Å². The maximum atomic E-state index is 9.87. The first-order chi connectivity index (χ1) is 15.7. The van der Waals surface area contributed by atoms with Gasteiger partial charge in [-0.3, -0.25) is 9.97 Å². The molecule has 0 N–H and O–H groups in total. The van der Waals surface area contributed by atoms with E-state index in [0.717, 1.165) is 35.7 Å². The molecule has 0 bridgehead atoms. The molecule has 3 aromatic rings. The molecule has 4 rings (SSSR count). The van der Waals surface area contributed by atoms with E-state index in [4.69, 9.17) is 0 Å². The Hall–Kier alpha value is -2.44. The van der Waals surface area contributed by atoms with Crippen molar-refractivity contribution in [1.29, 1.82) is 0 Å². The van der Waals surface area contributed by atoms with E-state index in [1.807, 2.05) is 60.7 Å². The van der Waals surface area contributed by atoms with E-state index in [-0.39, 0.29) is 21.1 Å². The molecule has 12 heteroatoms. The predicted octanol–water partition coefficient (Wildman–Crippen LogP) is 8.22. The summed E-state index contributed by atoms with van der Waals surface area (Å²) in [5.41, 5.74) is 3.68. The molecule has 3 heterocycles. The third kappa shape index (κ3) is 13.9. The van der Waals surface area contributed by atoms with Crippen molar-refractivity contribution in [3.63, 3.8) is 0 Å². The number of hydrogen-bond donors (Lipinski definition) is 0. The summed E-state index contributed by atoms with van der Waals surface area (Å²) in [6.07, 6.45) is 5.95. The Balaban J connectivity index is 0.000000304. The van der Waals surface area contributed by atoms with Gasteiger partial charge in [-0.15, -0.1) is 35.9 Å². The van der Waals surface area contributed by atoms with Crippen LogP contribution in [0.25, 0.3) is 22.6 Å². The van der Waals surface area contributed by atoms with Gasteiger partial charge in [0, 0.05) is 6.20 Å². The van der Waals surface area contributed by atoms with Gasteiger partial charge in [0.25, 0.3) is 0 Å². The Morgan fingerprint density at radius 3 is 1.77 bits per heavy atom. The van der Waals surface area contributed by atoms with Crippen LogP contribution in [0.3, 0.4) is 0 Å². The Kier molecular flexibility index (Phi) is 10.5. The van der Waals surface area contributed by atoms with Crippen LogP contribution in [0.4, 0.5) is 25.2 Å². The Labute approximate surface area is 215 Å². The van der Waals surface area contributed by atoms with Crippen LogP contribution in [0.2, 0.25) is 0 Å². The first kappa shape index (κ1) is 30.6. The average Bonchev–Trinajstić information content (AvgIpc) is 3.27.